The number of nitro groups is 1. The summed E-state index contributed by atoms with van der Waals surface area (Å²) in [5.74, 6) is -0.313. The van der Waals surface area contributed by atoms with Crippen molar-refractivity contribution in [2.24, 2.45) is 0 Å². The topological polar surface area (TPSA) is 83.7 Å². The van der Waals surface area contributed by atoms with E-state index in [0.29, 0.717) is 13.0 Å². The molecular formula is C15H20N2O4. The molecule has 1 heterocycles. The number of hydrogen-bond acceptors (Lipinski definition) is 5. The van der Waals surface area contributed by atoms with E-state index in [1.165, 1.54) is 19.1 Å². The molecule has 1 aromatic carbocycles. The number of anilines is 1. The average Bonchev–Trinajstić information content (AvgIpc) is 2.59. The fraction of sp³-hybridized carbons (Fsp3) is 0.533. The SMILES string of the molecule is CC(=O)c1ccc(N2CCCC(C)(O)CC2)cc1[N+](=O)[O-]. The first-order valence-corrected chi connectivity index (χ1v) is 7.07. The maximum Gasteiger partial charge on any atom is 0.282 e. The minimum atomic E-state index is -0.681. The zero-order valence-electron chi connectivity index (χ0n) is 12.3. The van der Waals surface area contributed by atoms with Gasteiger partial charge in [0.2, 0.25) is 0 Å². The van der Waals surface area contributed by atoms with Crippen LogP contribution in [0, 0.1) is 10.1 Å². The third-order valence-electron chi connectivity index (χ3n) is 3.99. The number of benzene rings is 1. The van der Waals surface area contributed by atoms with Gasteiger partial charge in [0, 0.05) is 24.8 Å². The molecule has 1 atom stereocenters. The van der Waals surface area contributed by atoms with Crippen molar-refractivity contribution in [1.29, 1.82) is 0 Å². The summed E-state index contributed by atoms with van der Waals surface area (Å²) in [7, 11) is 0. The maximum absolute atomic E-state index is 11.4. The Kier molecular flexibility index (Phi) is 4.27. The molecule has 1 saturated heterocycles. The summed E-state index contributed by atoms with van der Waals surface area (Å²) >= 11 is 0. The van der Waals surface area contributed by atoms with Gasteiger partial charge in [-0.3, -0.25) is 14.9 Å². The second-order valence-electron chi connectivity index (χ2n) is 5.85. The molecule has 0 aromatic heterocycles. The number of ketones is 1. The van der Waals surface area contributed by atoms with Gasteiger partial charge in [-0.05, 0) is 45.2 Å². The molecule has 1 aromatic rings. The van der Waals surface area contributed by atoms with Crippen molar-refractivity contribution < 1.29 is 14.8 Å². The van der Waals surface area contributed by atoms with E-state index in [2.05, 4.69) is 0 Å². The first kappa shape index (κ1) is 15.4. The van der Waals surface area contributed by atoms with Crippen LogP contribution in [0.5, 0.6) is 0 Å². The lowest BCUT2D eigenvalue weighted by Gasteiger charge is -2.24. The molecule has 0 bridgehead atoms. The van der Waals surface area contributed by atoms with Gasteiger partial charge >= 0.3 is 0 Å². The molecule has 0 radical (unpaired) electrons. The number of rotatable bonds is 3. The summed E-state index contributed by atoms with van der Waals surface area (Å²) in [6.45, 7) is 4.53. The summed E-state index contributed by atoms with van der Waals surface area (Å²) in [4.78, 5) is 24.1. The van der Waals surface area contributed by atoms with Gasteiger partial charge in [0.1, 0.15) is 0 Å². The number of aliphatic hydroxyl groups is 1. The molecule has 6 nitrogen and oxygen atoms in total. The van der Waals surface area contributed by atoms with Crippen molar-refractivity contribution in [3.05, 3.63) is 33.9 Å². The van der Waals surface area contributed by atoms with Crippen molar-refractivity contribution in [1.82, 2.24) is 0 Å². The highest BCUT2D eigenvalue weighted by atomic mass is 16.6. The largest absolute Gasteiger partial charge is 0.390 e. The predicted molar refractivity (Wildman–Crippen MR) is 79.8 cm³/mol. The molecule has 0 spiro atoms. The predicted octanol–water partition coefficient (Wildman–Crippen LogP) is 2.54. The summed E-state index contributed by atoms with van der Waals surface area (Å²) in [5.41, 5.74) is 0.0194. The molecule has 1 fully saturated rings. The Morgan fingerprint density at radius 2 is 2.10 bits per heavy atom. The Bertz CT molecular complexity index is 569. The Hall–Kier alpha value is -1.95. The van der Waals surface area contributed by atoms with E-state index in [-0.39, 0.29) is 17.0 Å². The molecule has 1 aliphatic rings. The van der Waals surface area contributed by atoms with Gasteiger partial charge < -0.3 is 10.0 Å². The molecule has 1 unspecified atom stereocenters. The first-order valence-electron chi connectivity index (χ1n) is 7.07. The molecule has 0 amide bonds. The van der Waals surface area contributed by atoms with Crippen LogP contribution < -0.4 is 4.90 Å². The quantitative estimate of drug-likeness (QED) is 0.526. The van der Waals surface area contributed by atoms with Crippen molar-refractivity contribution in [2.75, 3.05) is 18.0 Å². The lowest BCUT2D eigenvalue weighted by atomic mass is 9.98. The normalized spacial score (nSPS) is 22.7. The van der Waals surface area contributed by atoms with Crippen LogP contribution in [-0.4, -0.2) is 34.5 Å². The Balaban J connectivity index is 2.30. The van der Waals surface area contributed by atoms with Crippen LogP contribution in [0.25, 0.3) is 0 Å². The summed E-state index contributed by atoms with van der Waals surface area (Å²) < 4.78 is 0. The highest BCUT2D eigenvalue weighted by Gasteiger charge is 2.26. The lowest BCUT2D eigenvalue weighted by Crippen LogP contribution is -2.28. The van der Waals surface area contributed by atoms with Crippen LogP contribution in [-0.2, 0) is 0 Å². The number of nitrogens with zero attached hydrogens (tertiary/aromatic N) is 2. The zero-order chi connectivity index (χ0) is 15.6. The van der Waals surface area contributed by atoms with Crippen molar-refractivity contribution >= 4 is 17.2 Å². The average molecular weight is 292 g/mol. The van der Waals surface area contributed by atoms with Gasteiger partial charge in [-0.25, -0.2) is 0 Å². The van der Waals surface area contributed by atoms with E-state index >= 15 is 0 Å². The van der Waals surface area contributed by atoms with Gasteiger partial charge in [-0.1, -0.05) is 0 Å². The summed E-state index contributed by atoms with van der Waals surface area (Å²) in [6.07, 6.45) is 2.17. The van der Waals surface area contributed by atoms with E-state index in [0.717, 1.165) is 25.1 Å². The van der Waals surface area contributed by atoms with Crippen LogP contribution in [0.2, 0.25) is 0 Å². The van der Waals surface area contributed by atoms with E-state index in [4.69, 9.17) is 0 Å². The van der Waals surface area contributed by atoms with Crippen molar-refractivity contribution in [2.45, 2.75) is 38.7 Å². The number of hydrogen-bond donors (Lipinski definition) is 1. The maximum atomic E-state index is 11.4. The third-order valence-corrected chi connectivity index (χ3v) is 3.99. The van der Waals surface area contributed by atoms with E-state index in [1.807, 2.05) is 11.8 Å². The number of carbonyl (C=O) groups is 1. The first-order chi connectivity index (χ1) is 9.80. The zero-order valence-corrected chi connectivity index (χ0v) is 12.3. The van der Waals surface area contributed by atoms with Crippen molar-refractivity contribution in [3.8, 4) is 0 Å². The van der Waals surface area contributed by atoms with Crippen LogP contribution in [0.15, 0.2) is 18.2 Å². The molecule has 0 saturated carbocycles. The van der Waals surface area contributed by atoms with E-state index in [9.17, 15) is 20.0 Å². The molecule has 2 rings (SSSR count). The minimum Gasteiger partial charge on any atom is -0.390 e. The second kappa shape index (κ2) is 5.81. The van der Waals surface area contributed by atoms with Gasteiger partial charge in [0.25, 0.3) is 5.69 Å². The number of nitro benzene ring substituents is 1. The summed E-state index contributed by atoms with van der Waals surface area (Å²) in [6, 6.07) is 4.71. The molecule has 21 heavy (non-hydrogen) atoms. The third kappa shape index (κ3) is 3.58. The molecule has 6 heteroatoms. The van der Waals surface area contributed by atoms with Gasteiger partial charge in [0.15, 0.2) is 5.78 Å². The fourth-order valence-electron chi connectivity index (χ4n) is 2.69. The number of Topliss-reactive ketones (excluding diaryl/α,β-unsaturated/α-hetero) is 1. The Labute approximate surface area is 123 Å². The fourth-order valence-corrected chi connectivity index (χ4v) is 2.69. The van der Waals surface area contributed by atoms with Crippen LogP contribution >= 0.6 is 0 Å². The van der Waals surface area contributed by atoms with Gasteiger partial charge in [-0.15, -0.1) is 0 Å². The second-order valence-corrected chi connectivity index (χ2v) is 5.85. The Morgan fingerprint density at radius 3 is 2.71 bits per heavy atom. The molecule has 1 aliphatic heterocycles. The van der Waals surface area contributed by atoms with E-state index in [1.54, 1.807) is 6.07 Å². The highest BCUT2D eigenvalue weighted by Crippen LogP contribution is 2.29. The van der Waals surface area contributed by atoms with Gasteiger partial charge in [0.05, 0.1) is 16.1 Å². The van der Waals surface area contributed by atoms with Crippen LogP contribution in [0.4, 0.5) is 11.4 Å². The smallest absolute Gasteiger partial charge is 0.282 e. The molecule has 0 aliphatic carbocycles. The lowest BCUT2D eigenvalue weighted by molar-refractivity contribution is -0.385. The summed E-state index contributed by atoms with van der Waals surface area (Å²) in [5, 5.41) is 21.2. The van der Waals surface area contributed by atoms with E-state index < -0.39 is 10.5 Å². The molecule has 114 valence electrons. The van der Waals surface area contributed by atoms with Gasteiger partial charge in [-0.2, -0.15) is 0 Å². The molecular weight excluding hydrogens is 272 g/mol. The van der Waals surface area contributed by atoms with Crippen LogP contribution in [0.3, 0.4) is 0 Å². The van der Waals surface area contributed by atoms with Crippen molar-refractivity contribution in [3.63, 3.8) is 0 Å². The Morgan fingerprint density at radius 1 is 1.38 bits per heavy atom. The highest BCUT2D eigenvalue weighted by molar-refractivity contribution is 5.98. The molecule has 1 N–H and O–H groups in total. The number of carbonyl (C=O) groups excluding carboxylic acids is 1. The minimum absolute atomic E-state index is 0.130. The van der Waals surface area contributed by atoms with Crippen LogP contribution in [0.1, 0.15) is 43.5 Å². The monoisotopic (exact) mass is 292 g/mol. The standard InChI is InChI=1S/C15H20N2O4/c1-11(18)13-5-4-12(10-14(13)17(20)21)16-8-3-6-15(2,19)7-9-16/h4-5,10,19H,3,6-9H2,1-2H3.